The number of methoxy groups -OCH3 is 1. The Labute approximate surface area is 148 Å². The van der Waals surface area contributed by atoms with Gasteiger partial charge in [-0.2, -0.15) is 0 Å². The van der Waals surface area contributed by atoms with Gasteiger partial charge in [0.05, 0.1) is 18.7 Å². The molecular weight excluding hydrogens is 330 g/mol. The Bertz CT molecular complexity index is 597. The van der Waals surface area contributed by atoms with E-state index < -0.39 is 0 Å². The second kappa shape index (κ2) is 8.35. The van der Waals surface area contributed by atoms with Crippen LogP contribution in [-0.2, 0) is 4.79 Å². The van der Waals surface area contributed by atoms with Crippen LogP contribution in [0.2, 0.25) is 0 Å². The third-order valence-electron chi connectivity index (χ3n) is 4.53. The number of carbonyl (C=O) groups excluding carboxylic acids is 2. The highest BCUT2D eigenvalue weighted by Crippen LogP contribution is 2.27. The fourth-order valence-electron chi connectivity index (χ4n) is 3.15. The van der Waals surface area contributed by atoms with E-state index in [0.29, 0.717) is 23.5 Å². The maximum absolute atomic E-state index is 12.5. The number of amides is 2. The van der Waals surface area contributed by atoms with E-state index in [1.54, 1.807) is 25.3 Å². The Balaban J connectivity index is 0.00000208. The van der Waals surface area contributed by atoms with Crippen molar-refractivity contribution in [1.29, 1.82) is 0 Å². The molecule has 132 valence electrons. The normalized spacial score (nSPS) is 19.7. The standard InChI is InChI=1S/C17H23N3O3.ClH/c1-23-15-5-4-12(17(22)20-8-2-3-9-20)10-14(15)19-16(21)13-6-7-18-11-13;/h4-5,10,13,18H,2-3,6-9,11H2,1H3,(H,19,21);1H. The molecule has 0 aliphatic carbocycles. The lowest BCUT2D eigenvalue weighted by molar-refractivity contribution is -0.119. The van der Waals surface area contributed by atoms with Gasteiger partial charge in [0.1, 0.15) is 5.75 Å². The summed E-state index contributed by atoms with van der Waals surface area (Å²) in [6, 6.07) is 5.22. The molecule has 1 atom stereocenters. The topological polar surface area (TPSA) is 70.7 Å². The molecule has 2 N–H and O–H groups in total. The molecule has 2 fully saturated rings. The Morgan fingerprint density at radius 3 is 2.67 bits per heavy atom. The maximum Gasteiger partial charge on any atom is 0.253 e. The third-order valence-corrected chi connectivity index (χ3v) is 4.53. The fourth-order valence-corrected chi connectivity index (χ4v) is 3.15. The average Bonchev–Trinajstić information content (AvgIpc) is 3.27. The highest BCUT2D eigenvalue weighted by Gasteiger charge is 2.24. The van der Waals surface area contributed by atoms with Crippen LogP contribution in [0.1, 0.15) is 29.6 Å². The summed E-state index contributed by atoms with van der Waals surface area (Å²) in [6.45, 7) is 3.17. The number of hydrogen-bond acceptors (Lipinski definition) is 4. The van der Waals surface area contributed by atoms with Gasteiger partial charge in [0.25, 0.3) is 5.91 Å². The first-order valence-corrected chi connectivity index (χ1v) is 8.18. The third kappa shape index (κ3) is 3.99. The van der Waals surface area contributed by atoms with Crippen LogP contribution < -0.4 is 15.4 Å². The SMILES string of the molecule is COc1ccc(C(=O)N2CCCC2)cc1NC(=O)C1CCNC1.Cl. The number of benzene rings is 1. The summed E-state index contributed by atoms with van der Waals surface area (Å²) in [4.78, 5) is 26.7. The van der Waals surface area contributed by atoms with Crippen molar-refractivity contribution in [2.24, 2.45) is 5.92 Å². The molecule has 7 heteroatoms. The largest absolute Gasteiger partial charge is 0.495 e. The molecule has 2 amide bonds. The molecule has 0 radical (unpaired) electrons. The smallest absolute Gasteiger partial charge is 0.253 e. The predicted octanol–water partition coefficient (Wildman–Crippen LogP) is 1.90. The van der Waals surface area contributed by atoms with Crippen LogP contribution >= 0.6 is 12.4 Å². The van der Waals surface area contributed by atoms with E-state index in [0.717, 1.165) is 38.9 Å². The Morgan fingerprint density at radius 2 is 2.04 bits per heavy atom. The average molecular weight is 354 g/mol. The highest BCUT2D eigenvalue weighted by atomic mass is 35.5. The number of nitrogens with one attached hydrogen (secondary N) is 2. The van der Waals surface area contributed by atoms with Gasteiger partial charge in [0, 0.05) is 25.2 Å². The number of anilines is 1. The lowest BCUT2D eigenvalue weighted by Gasteiger charge is -2.18. The maximum atomic E-state index is 12.5. The highest BCUT2D eigenvalue weighted by molar-refractivity contribution is 5.99. The number of carbonyl (C=O) groups is 2. The molecule has 24 heavy (non-hydrogen) atoms. The fraction of sp³-hybridized carbons (Fsp3) is 0.529. The van der Waals surface area contributed by atoms with Crippen LogP contribution in [0.4, 0.5) is 5.69 Å². The minimum Gasteiger partial charge on any atom is -0.495 e. The van der Waals surface area contributed by atoms with E-state index in [4.69, 9.17) is 4.74 Å². The molecule has 1 aromatic rings. The minimum absolute atomic E-state index is 0. The van der Waals surface area contributed by atoms with Crippen LogP contribution in [0.3, 0.4) is 0 Å². The molecule has 0 spiro atoms. The first-order chi connectivity index (χ1) is 11.2. The van der Waals surface area contributed by atoms with Gasteiger partial charge in [-0.1, -0.05) is 0 Å². The first-order valence-electron chi connectivity index (χ1n) is 8.18. The molecule has 0 bridgehead atoms. The van der Waals surface area contributed by atoms with Crippen LogP contribution in [0.25, 0.3) is 0 Å². The number of halogens is 1. The molecule has 0 saturated carbocycles. The van der Waals surface area contributed by atoms with E-state index in [-0.39, 0.29) is 30.1 Å². The molecule has 6 nitrogen and oxygen atoms in total. The predicted molar refractivity (Wildman–Crippen MR) is 95.0 cm³/mol. The monoisotopic (exact) mass is 353 g/mol. The molecule has 2 heterocycles. The number of likely N-dealkylation sites (tertiary alicyclic amines) is 1. The Hall–Kier alpha value is -1.79. The van der Waals surface area contributed by atoms with E-state index in [2.05, 4.69) is 10.6 Å². The molecule has 2 aliphatic rings. The molecule has 3 rings (SSSR count). The van der Waals surface area contributed by atoms with E-state index >= 15 is 0 Å². The van der Waals surface area contributed by atoms with Gasteiger partial charge >= 0.3 is 0 Å². The van der Waals surface area contributed by atoms with Gasteiger partial charge in [0.15, 0.2) is 0 Å². The van der Waals surface area contributed by atoms with Gasteiger partial charge in [-0.15, -0.1) is 12.4 Å². The van der Waals surface area contributed by atoms with Crippen molar-refractivity contribution in [3.63, 3.8) is 0 Å². The van der Waals surface area contributed by atoms with Gasteiger partial charge in [-0.05, 0) is 44.0 Å². The van der Waals surface area contributed by atoms with Crippen LogP contribution in [-0.4, -0.2) is 50.0 Å². The van der Waals surface area contributed by atoms with Gasteiger partial charge < -0.3 is 20.3 Å². The summed E-state index contributed by atoms with van der Waals surface area (Å²) in [5, 5.41) is 6.10. The number of nitrogens with zero attached hydrogens (tertiary/aromatic N) is 1. The van der Waals surface area contributed by atoms with Gasteiger partial charge in [0.2, 0.25) is 5.91 Å². The molecule has 0 aromatic heterocycles. The zero-order valence-electron chi connectivity index (χ0n) is 13.8. The van der Waals surface area contributed by atoms with Crippen molar-refractivity contribution >= 4 is 29.9 Å². The number of hydrogen-bond donors (Lipinski definition) is 2. The summed E-state index contributed by atoms with van der Waals surface area (Å²) in [7, 11) is 1.56. The number of rotatable bonds is 4. The van der Waals surface area contributed by atoms with Gasteiger partial charge in [-0.3, -0.25) is 9.59 Å². The second-order valence-electron chi connectivity index (χ2n) is 6.09. The quantitative estimate of drug-likeness (QED) is 0.867. The molecular formula is C17H24ClN3O3. The second-order valence-corrected chi connectivity index (χ2v) is 6.09. The van der Waals surface area contributed by atoms with Gasteiger partial charge in [-0.25, -0.2) is 0 Å². The molecule has 2 saturated heterocycles. The lowest BCUT2D eigenvalue weighted by atomic mass is 10.1. The Morgan fingerprint density at radius 1 is 1.29 bits per heavy atom. The lowest BCUT2D eigenvalue weighted by Crippen LogP contribution is -2.28. The van der Waals surface area contributed by atoms with Crippen LogP contribution in [0, 0.1) is 5.92 Å². The van der Waals surface area contributed by atoms with Crippen molar-refractivity contribution in [3.05, 3.63) is 23.8 Å². The van der Waals surface area contributed by atoms with Crippen molar-refractivity contribution in [2.75, 3.05) is 38.6 Å². The van der Waals surface area contributed by atoms with E-state index in [1.165, 1.54) is 0 Å². The summed E-state index contributed by atoms with van der Waals surface area (Å²) >= 11 is 0. The van der Waals surface area contributed by atoms with Crippen molar-refractivity contribution in [1.82, 2.24) is 10.2 Å². The van der Waals surface area contributed by atoms with Crippen molar-refractivity contribution in [3.8, 4) is 5.75 Å². The summed E-state index contributed by atoms with van der Waals surface area (Å²) in [6.07, 6.45) is 2.95. The zero-order valence-corrected chi connectivity index (χ0v) is 14.7. The van der Waals surface area contributed by atoms with Crippen LogP contribution in [0.15, 0.2) is 18.2 Å². The van der Waals surface area contributed by atoms with E-state index in [9.17, 15) is 9.59 Å². The van der Waals surface area contributed by atoms with Crippen molar-refractivity contribution in [2.45, 2.75) is 19.3 Å². The zero-order chi connectivity index (χ0) is 16.2. The van der Waals surface area contributed by atoms with Crippen molar-refractivity contribution < 1.29 is 14.3 Å². The molecule has 1 aromatic carbocycles. The molecule has 1 unspecified atom stereocenters. The first kappa shape index (κ1) is 18.5. The summed E-state index contributed by atoms with van der Waals surface area (Å²) in [5.74, 6) is 0.530. The van der Waals surface area contributed by atoms with E-state index in [1.807, 2.05) is 4.90 Å². The van der Waals surface area contributed by atoms with Crippen LogP contribution in [0.5, 0.6) is 5.75 Å². The number of ether oxygens (including phenoxy) is 1. The summed E-state index contributed by atoms with van der Waals surface area (Å²) < 4.78 is 5.31. The Kier molecular flexibility index (Phi) is 6.45. The summed E-state index contributed by atoms with van der Waals surface area (Å²) in [5.41, 5.74) is 1.15. The minimum atomic E-state index is -0.0300. The molecule has 2 aliphatic heterocycles.